The Kier molecular flexibility index (Phi) is 4.56. The van der Waals surface area contributed by atoms with E-state index in [-0.39, 0.29) is 6.10 Å². The van der Waals surface area contributed by atoms with Gasteiger partial charge in [0.05, 0.1) is 6.10 Å². The van der Waals surface area contributed by atoms with Crippen molar-refractivity contribution in [2.45, 2.75) is 26.4 Å². The monoisotopic (exact) mass is 219 g/mol. The Morgan fingerprint density at radius 1 is 1.38 bits per heavy atom. The van der Waals surface area contributed by atoms with Crippen LogP contribution < -0.4 is 4.90 Å². The van der Waals surface area contributed by atoms with E-state index in [1.807, 2.05) is 45.2 Å². The molecule has 0 fully saturated rings. The molecule has 0 radical (unpaired) electrons. The normalized spacial score (nSPS) is 12.2. The third-order valence-corrected chi connectivity index (χ3v) is 2.61. The lowest BCUT2D eigenvalue weighted by Gasteiger charge is -2.20. The number of hydrogen-bond acceptors (Lipinski definition) is 2. The van der Waals surface area contributed by atoms with E-state index in [4.69, 9.17) is 0 Å². The first-order valence-corrected chi connectivity index (χ1v) is 5.68. The van der Waals surface area contributed by atoms with Crippen LogP contribution in [0.15, 0.2) is 36.4 Å². The summed E-state index contributed by atoms with van der Waals surface area (Å²) in [4.78, 5) is 2.14. The summed E-state index contributed by atoms with van der Waals surface area (Å²) in [6.07, 6.45) is 0.404. The molecule has 0 aliphatic rings. The van der Waals surface area contributed by atoms with Crippen molar-refractivity contribution in [3.05, 3.63) is 42.0 Å². The van der Waals surface area contributed by atoms with Gasteiger partial charge in [-0.15, -0.1) is 0 Å². The van der Waals surface area contributed by atoms with Gasteiger partial charge in [0, 0.05) is 19.3 Å². The van der Waals surface area contributed by atoms with Crippen LogP contribution >= 0.6 is 0 Å². The van der Waals surface area contributed by atoms with Gasteiger partial charge >= 0.3 is 0 Å². The van der Waals surface area contributed by atoms with Gasteiger partial charge in [0.2, 0.25) is 0 Å². The van der Waals surface area contributed by atoms with Crippen LogP contribution in [0.4, 0.5) is 5.69 Å². The Morgan fingerprint density at radius 2 is 1.94 bits per heavy atom. The highest BCUT2D eigenvalue weighted by Crippen LogP contribution is 2.20. The van der Waals surface area contributed by atoms with Gasteiger partial charge < -0.3 is 10.0 Å². The van der Waals surface area contributed by atoms with Gasteiger partial charge in [-0.05, 0) is 31.0 Å². The zero-order valence-electron chi connectivity index (χ0n) is 10.4. The lowest BCUT2D eigenvalue weighted by Crippen LogP contribution is -2.18. The van der Waals surface area contributed by atoms with E-state index < -0.39 is 0 Å². The number of aliphatic hydroxyl groups excluding tert-OH is 1. The van der Waals surface area contributed by atoms with Gasteiger partial charge in [0.25, 0.3) is 0 Å². The first-order chi connectivity index (χ1) is 7.54. The molecule has 0 heterocycles. The summed E-state index contributed by atoms with van der Waals surface area (Å²) < 4.78 is 0. The maximum Gasteiger partial charge on any atom is 0.0787 e. The highest BCUT2D eigenvalue weighted by molar-refractivity contribution is 5.48. The van der Waals surface area contributed by atoms with E-state index >= 15 is 0 Å². The molecule has 2 heteroatoms. The lowest BCUT2D eigenvalue weighted by atomic mass is 10.1. The van der Waals surface area contributed by atoms with Crippen molar-refractivity contribution in [3.8, 4) is 0 Å². The third kappa shape index (κ3) is 3.38. The van der Waals surface area contributed by atoms with Crippen molar-refractivity contribution >= 4 is 5.69 Å². The predicted octanol–water partition coefficient (Wildman–Crippen LogP) is 3.14. The minimum Gasteiger partial charge on any atom is -0.388 e. The Labute approximate surface area is 98.2 Å². The minimum absolute atomic E-state index is 0.347. The van der Waals surface area contributed by atoms with Gasteiger partial charge in [0.15, 0.2) is 0 Å². The van der Waals surface area contributed by atoms with Gasteiger partial charge in [-0.3, -0.25) is 0 Å². The molecule has 1 rings (SSSR count). The van der Waals surface area contributed by atoms with Crippen LogP contribution in [0.5, 0.6) is 0 Å². The number of hydrogen-bond donors (Lipinski definition) is 1. The van der Waals surface area contributed by atoms with Crippen LogP contribution in [-0.2, 0) is 0 Å². The van der Waals surface area contributed by atoms with Crippen LogP contribution in [-0.4, -0.2) is 18.7 Å². The lowest BCUT2D eigenvalue weighted by molar-refractivity contribution is 0.173. The van der Waals surface area contributed by atoms with E-state index in [9.17, 15) is 5.11 Å². The number of rotatable bonds is 5. The summed E-state index contributed by atoms with van der Waals surface area (Å²) in [5.74, 6) is 0. The highest BCUT2D eigenvalue weighted by atomic mass is 16.3. The Hall–Kier alpha value is -1.28. The maximum atomic E-state index is 9.68. The van der Waals surface area contributed by atoms with Crippen molar-refractivity contribution < 1.29 is 5.11 Å². The van der Waals surface area contributed by atoms with Gasteiger partial charge in [-0.2, -0.15) is 0 Å². The Balaban J connectivity index is 2.74. The first kappa shape index (κ1) is 12.8. The fraction of sp³-hybridized carbons (Fsp3) is 0.429. The SMILES string of the molecule is C=C(C)CN(C)c1ccc(C(O)CC)cc1. The Morgan fingerprint density at radius 3 is 2.38 bits per heavy atom. The summed E-state index contributed by atoms with van der Waals surface area (Å²) in [5.41, 5.74) is 3.27. The minimum atomic E-state index is -0.347. The molecule has 1 unspecified atom stereocenters. The molecule has 16 heavy (non-hydrogen) atoms. The van der Waals surface area contributed by atoms with Gasteiger partial charge in [-0.1, -0.05) is 31.2 Å². The van der Waals surface area contributed by atoms with Crippen LogP contribution in [0.1, 0.15) is 31.9 Å². The molecule has 0 amide bonds. The molecular weight excluding hydrogens is 198 g/mol. The smallest absolute Gasteiger partial charge is 0.0787 e. The second-order valence-electron chi connectivity index (χ2n) is 4.33. The predicted molar refractivity (Wildman–Crippen MR) is 69.8 cm³/mol. The quantitative estimate of drug-likeness (QED) is 0.769. The number of benzene rings is 1. The van der Waals surface area contributed by atoms with Crippen molar-refractivity contribution in [3.63, 3.8) is 0 Å². The standard InChI is InChI=1S/C14H21NO/c1-5-14(16)12-6-8-13(9-7-12)15(4)10-11(2)3/h6-9,14,16H,2,5,10H2,1,3-4H3. The number of likely N-dealkylation sites (N-methyl/N-ethyl adjacent to an activating group) is 1. The molecule has 0 aliphatic heterocycles. The van der Waals surface area contributed by atoms with Crippen molar-refractivity contribution in [1.82, 2.24) is 0 Å². The number of nitrogens with zero attached hydrogens (tertiary/aromatic N) is 1. The summed E-state index contributed by atoms with van der Waals surface area (Å²) in [6.45, 7) is 8.75. The van der Waals surface area contributed by atoms with Crippen LogP contribution in [0, 0.1) is 0 Å². The summed E-state index contributed by atoms with van der Waals surface area (Å²) in [6, 6.07) is 8.05. The fourth-order valence-corrected chi connectivity index (χ4v) is 1.68. The van der Waals surface area contributed by atoms with E-state index in [0.29, 0.717) is 0 Å². The summed E-state index contributed by atoms with van der Waals surface area (Å²) in [5, 5.41) is 9.68. The maximum absolute atomic E-state index is 9.68. The topological polar surface area (TPSA) is 23.5 Å². The molecule has 1 atom stereocenters. The zero-order chi connectivity index (χ0) is 12.1. The molecule has 88 valence electrons. The molecule has 0 aliphatic carbocycles. The Bertz CT molecular complexity index is 342. The fourth-order valence-electron chi connectivity index (χ4n) is 1.68. The van der Waals surface area contributed by atoms with E-state index in [0.717, 1.165) is 29.8 Å². The van der Waals surface area contributed by atoms with Crippen molar-refractivity contribution in [1.29, 1.82) is 0 Å². The molecule has 0 saturated heterocycles. The van der Waals surface area contributed by atoms with E-state index in [1.165, 1.54) is 0 Å². The molecule has 1 aromatic carbocycles. The van der Waals surface area contributed by atoms with Gasteiger partial charge in [0.1, 0.15) is 0 Å². The third-order valence-electron chi connectivity index (χ3n) is 2.61. The van der Waals surface area contributed by atoms with E-state index in [2.05, 4.69) is 11.5 Å². The first-order valence-electron chi connectivity index (χ1n) is 5.68. The molecule has 1 aromatic rings. The largest absolute Gasteiger partial charge is 0.388 e. The van der Waals surface area contributed by atoms with Crippen molar-refractivity contribution in [2.24, 2.45) is 0 Å². The molecule has 0 aromatic heterocycles. The second-order valence-corrected chi connectivity index (χ2v) is 4.33. The van der Waals surface area contributed by atoms with E-state index in [1.54, 1.807) is 0 Å². The molecule has 2 nitrogen and oxygen atoms in total. The number of anilines is 1. The molecular formula is C14H21NO. The summed E-state index contributed by atoms with van der Waals surface area (Å²) in [7, 11) is 2.04. The molecule has 0 spiro atoms. The van der Waals surface area contributed by atoms with Crippen molar-refractivity contribution in [2.75, 3.05) is 18.5 Å². The van der Waals surface area contributed by atoms with Crippen LogP contribution in [0.2, 0.25) is 0 Å². The van der Waals surface area contributed by atoms with Crippen LogP contribution in [0.3, 0.4) is 0 Å². The second kappa shape index (κ2) is 5.71. The average molecular weight is 219 g/mol. The van der Waals surface area contributed by atoms with Crippen LogP contribution in [0.25, 0.3) is 0 Å². The molecule has 0 saturated carbocycles. The molecule has 0 bridgehead atoms. The summed E-state index contributed by atoms with van der Waals surface area (Å²) >= 11 is 0. The average Bonchev–Trinajstić information content (AvgIpc) is 2.27. The molecule has 1 N–H and O–H groups in total. The zero-order valence-corrected chi connectivity index (χ0v) is 10.4. The highest BCUT2D eigenvalue weighted by Gasteiger charge is 2.05. The van der Waals surface area contributed by atoms with Gasteiger partial charge in [-0.25, -0.2) is 0 Å². The number of aliphatic hydroxyl groups is 1.